The Morgan fingerprint density at radius 1 is 0.946 bits per heavy atom. The zero-order valence-corrected chi connectivity index (χ0v) is 20.6. The standard InChI is InChI=1S/C26H34O11/c1-34-19-10-15(5-6-18(19)30)8-16(12-28)17-9-14(4-3-7-27)11-20(35-2)25(17)37-26-24(33)23(32)22(31)21(13-29)36-26/h3-6,9-11,16,21-24,26-33H,7-8,12-13H2,1-2H3/t16-,21-,22-,23+,24-,26-/m1/s1. The molecule has 11 heteroatoms. The van der Waals surface area contributed by atoms with Crippen LogP contribution in [0, 0.1) is 0 Å². The van der Waals surface area contributed by atoms with Gasteiger partial charge in [0.2, 0.25) is 6.29 Å². The van der Waals surface area contributed by atoms with Crippen molar-refractivity contribution in [1.82, 2.24) is 0 Å². The fourth-order valence-corrected chi connectivity index (χ4v) is 4.20. The summed E-state index contributed by atoms with van der Waals surface area (Å²) in [5, 5.41) is 69.9. The van der Waals surface area contributed by atoms with Gasteiger partial charge in [0.15, 0.2) is 23.0 Å². The predicted octanol–water partition coefficient (Wildman–Crippen LogP) is -0.0878. The first-order valence-corrected chi connectivity index (χ1v) is 11.7. The molecule has 1 aliphatic rings. The summed E-state index contributed by atoms with van der Waals surface area (Å²) in [5.74, 6) is -0.0162. The largest absolute Gasteiger partial charge is 0.504 e. The summed E-state index contributed by atoms with van der Waals surface area (Å²) < 4.78 is 22.2. The molecule has 37 heavy (non-hydrogen) atoms. The van der Waals surface area contributed by atoms with E-state index < -0.39 is 43.2 Å². The molecule has 11 nitrogen and oxygen atoms in total. The molecule has 1 saturated heterocycles. The number of benzene rings is 2. The van der Waals surface area contributed by atoms with E-state index in [9.17, 15) is 35.7 Å². The average molecular weight is 523 g/mol. The number of methoxy groups -OCH3 is 2. The van der Waals surface area contributed by atoms with Crippen LogP contribution in [-0.2, 0) is 11.2 Å². The second kappa shape index (κ2) is 13.1. The van der Waals surface area contributed by atoms with Crippen LogP contribution in [0.2, 0.25) is 0 Å². The number of hydrogen-bond acceptors (Lipinski definition) is 11. The van der Waals surface area contributed by atoms with Crippen LogP contribution in [0.5, 0.6) is 23.0 Å². The van der Waals surface area contributed by atoms with Crippen molar-refractivity contribution in [3.63, 3.8) is 0 Å². The number of phenols is 1. The Bertz CT molecular complexity index is 1060. The van der Waals surface area contributed by atoms with Gasteiger partial charge in [-0.2, -0.15) is 0 Å². The van der Waals surface area contributed by atoms with Crippen molar-refractivity contribution in [2.75, 3.05) is 34.0 Å². The number of rotatable bonds is 11. The molecule has 0 spiro atoms. The monoisotopic (exact) mass is 522 g/mol. The van der Waals surface area contributed by atoms with Gasteiger partial charge in [0.05, 0.1) is 34.0 Å². The normalized spacial score (nSPS) is 24.7. The van der Waals surface area contributed by atoms with Gasteiger partial charge in [0, 0.05) is 11.5 Å². The molecule has 0 saturated carbocycles. The van der Waals surface area contributed by atoms with E-state index in [1.54, 1.807) is 30.3 Å². The van der Waals surface area contributed by atoms with Gasteiger partial charge in [0.25, 0.3) is 0 Å². The highest BCUT2D eigenvalue weighted by atomic mass is 16.7. The number of aliphatic hydroxyl groups excluding tert-OH is 6. The average Bonchev–Trinajstić information content (AvgIpc) is 2.91. The summed E-state index contributed by atoms with van der Waals surface area (Å²) in [5.41, 5.74) is 1.83. The Hall–Kier alpha value is -2.90. The molecule has 2 aromatic rings. The summed E-state index contributed by atoms with van der Waals surface area (Å²) in [4.78, 5) is 0. The highest BCUT2D eigenvalue weighted by Gasteiger charge is 2.45. The van der Waals surface area contributed by atoms with E-state index in [0.29, 0.717) is 11.1 Å². The molecule has 1 fully saturated rings. The number of hydrogen-bond donors (Lipinski definition) is 7. The van der Waals surface area contributed by atoms with Gasteiger partial charge in [-0.15, -0.1) is 0 Å². The third-order valence-electron chi connectivity index (χ3n) is 6.21. The van der Waals surface area contributed by atoms with Crippen molar-refractivity contribution in [2.24, 2.45) is 0 Å². The smallest absolute Gasteiger partial charge is 0.229 e. The molecular weight excluding hydrogens is 488 g/mol. The van der Waals surface area contributed by atoms with Crippen LogP contribution in [0.4, 0.5) is 0 Å². The van der Waals surface area contributed by atoms with E-state index in [0.717, 1.165) is 5.56 Å². The lowest BCUT2D eigenvalue weighted by atomic mass is 9.90. The minimum Gasteiger partial charge on any atom is -0.504 e. The quantitative estimate of drug-likeness (QED) is 0.210. The fourth-order valence-electron chi connectivity index (χ4n) is 4.20. The molecule has 0 aromatic heterocycles. The summed E-state index contributed by atoms with van der Waals surface area (Å²) >= 11 is 0. The van der Waals surface area contributed by atoms with Crippen LogP contribution in [0.25, 0.3) is 6.08 Å². The van der Waals surface area contributed by atoms with Crippen LogP contribution in [0.15, 0.2) is 36.4 Å². The first-order valence-electron chi connectivity index (χ1n) is 11.7. The third-order valence-corrected chi connectivity index (χ3v) is 6.21. The highest BCUT2D eigenvalue weighted by molar-refractivity contribution is 5.60. The second-order valence-corrected chi connectivity index (χ2v) is 8.63. The maximum absolute atomic E-state index is 10.5. The predicted molar refractivity (Wildman–Crippen MR) is 132 cm³/mol. The molecule has 2 aromatic carbocycles. The Kier molecular flexibility index (Phi) is 10.1. The van der Waals surface area contributed by atoms with Gasteiger partial charge in [-0.05, 0) is 41.8 Å². The summed E-state index contributed by atoms with van der Waals surface area (Å²) in [7, 11) is 2.83. The maximum Gasteiger partial charge on any atom is 0.229 e. The molecule has 7 N–H and O–H groups in total. The lowest BCUT2D eigenvalue weighted by molar-refractivity contribution is -0.277. The van der Waals surface area contributed by atoms with Crippen molar-refractivity contribution in [2.45, 2.75) is 43.0 Å². The van der Waals surface area contributed by atoms with E-state index in [4.69, 9.17) is 18.9 Å². The van der Waals surface area contributed by atoms with Crippen LogP contribution in [0.3, 0.4) is 0 Å². The van der Waals surface area contributed by atoms with Crippen LogP contribution < -0.4 is 14.2 Å². The molecule has 6 atom stereocenters. The number of aromatic hydroxyl groups is 1. The fraction of sp³-hybridized carbons (Fsp3) is 0.462. The number of ether oxygens (including phenoxy) is 4. The Labute approximate surface area is 214 Å². The number of phenolic OH excluding ortho intramolecular Hbond substituents is 1. The topological polar surface area (TPSA) is 179 Å². The Morgan fingerprint density at radius 3 is 2.30 bits per heavy atom. The van der Waals surface area contributed by atoms with E-state index >= 15 is 0 Å². The van der Waals surface area contributed by atoms with Crippen LogP contribution >= 0.6 is 0 Å². The first kappa shape index (κ1) is 28.7. The van der Waals surface area contributed by atoms with Gasteiger partial charge in [-0.3, -0.25) is 0 Å². The van der Waals surface area contributed by atoms with Crippen molar-refractivity contribution in [3.8, 4) is 23.0 Å². The minimum atomic E-state index is -1.65. The van der Waals surface area contributed by atoms with Crippen molar-refractivity contribution in [1.29, 1.82) is 0 Å². The van der Waals surface area contributed by atoms with Crippen molar-refractivity contribution >= 4 is 6.08 Å². The van der Waals surface area contributed by atoms with Gasteiger partial charge >= 0.3 is 0 Å². The van der Waals surface area contributed by atoms with Gasteiger partial charge in [0.1, 0.15) is 24.4 Å². The zero-order valence-electron chi connectivity index (χ0n) is 20.6. The highest BCUT2D eigenvalue weighted by Crippen LogP contribution is 2.41. The molecule has 0 aliphatic carbocycles. The summed E-state index contributed by atoms with van der Waals surface area (Å²) in [6.07, 6.45) is -4.04. The lowest BCUT2D eigenvalue weighted by Gasteiger charge is -2.40. The van der Waals surface area contributed by atoms with E-state index in [1.165, 1.54) is 26.4 Å². The molecule has 1 aliphatic heterocycles. The van der Waals surface area contributed by atoms with Crippen LogP contribution in [0.1, 0.15) is 22.6 Å². The van der Waals surface area contributed by atoms with Crippen molar-refractivity contribution in [3.05, 3.63) is 53.1 Å². The van der Waals surface area contributed by atoms with E-state index in [-0.39, 0.29) is 42.6 Å². The summed E-state index contributed by atoms with van der Waals surface area (Å²) in [6, 6.07) is 8.14. The second-order valence-electron chi connectivity index (χ2n) is 8.63. The molecule has 0 radical (unpaired) electrons. The van der Waals surface area contributed by atoms with Crippen molar-refractivity contribution < 1.29 is 54.7 Å². The molecular formula is C26H34O11. The van der Waals surface area contributed by atoms with Gasteiger partial charge in [-0.25, -0.2) is 0 Å². The van der Waals surface area contributed by atoms with Gasteiger partial charge < -0.3 is 54.7 Å². The maximum atomic E-state index is 10.5. The minimum absolute atomic E-state index is 0.0313. The molecule has 3 rings (SSSR count). The molecule has 1 heterocycles. The summed E-state index contributed by atoms with van der Waals surface area (Å²) in [6.45, 7) is -1.15. The first-order chi connectivity index (χ1) is 17.8. The Balaban J connectivity index is 2.06. The van der Waals surface area contributed by atoms with E-state index in [2.05, 4.69) is 0 Å². The molecule has 0 amide bonds. The number of aliphatic hydroxyl groups is 6. The molecule has 0 bridgehead atoms. The lowest BCUT2D eigenvalue weighted by Crippen LogP contribution is -2.60. The Morgan fingerprint density at radius 2 is 1.68 bits per heavy atom. The van der Waals surface area contributed by atoms with Gasteiger partial charge in [-0.1, -0.05) is 18.2 Å². The molecule has 0 unspecified atom stereocenters. The molecule has 204 valence electrons. The zero-order chi connectivity index (χ0) is 27.1. The van der Waals surface area contributed by atoms with Crippen LogP contribution in [-0.4, -0.2) is 100 Å². The van der Waals surface area contributed by atoms with E-state index in [1.807, 2.05) is 0 Å². The third kappa shape index (κ3) is 6.51. The SMILES string of the molecule is COc1cc(C[C@H](CO)c2cc(C=CCO)cc(OC)c2O[C@H]2O[C@H](CO)[C@@H](O)[C@H](O)[C@H]2O)ccc1O.